The van der Waals surface area contributed by atoms with Crippen molar-refractivity contribution in [2.24, 2.45) is 5.73 Å². The van der Waals surface area contributed by atoms with E-state index in [1.165, 1.54) is 11.1 Å². The van der Waals surface area contributed by atoms with Gasteiger partial charge in [-0.05, 0) is 58.9 Å². The molecule has 0 bridgehead atoms. The van der Waals surface area contributed by atoms with Gasteiger partial charge < -0.3 is 30.9 Å². The maximum Gasteiger partial charge on any atom is 0.409 e. The van der Waals surface area contributed by atoms with Gasteiger partial charge in [-0.2, -0.15) is 0 Å². The quantitative estimate of drug-likeness (QED) is 0.239. The summed E-state index contributed by atoms with van der Waals surface area (Å²) in [5.74, 6) is -0.857. The number of nitrogens with two attached hydrogens (primary N) is 1. The zero-order valence-corrected chi connectivity index (χ0v) is 25.9. The highest BCUT2D eigenvalue weighted by molar-refractivity contribution is 5.98. The third kappa shape index (κ3) is 7.27. The van der Waals surface area contributed by atoms with Gasteiger partial charge in [-0.15, -0.1) is 0 Å². The molecule has 0 saturated carbocycles. The van der Waals surface area contributed by atoms with E-state index in [0.717, 1.165) is 16.7 Å². The molecule has 1 fully saturated rings. The predicted octanol–water partition coefficient (Wildman–Crippen LogP) is 5.00. The lowest BCUT2D eigenvalue weighted by Gasteiger charge is -2.34. The molecular formula is C37H37N5O5. The number of benzene rings is 4. The minimum Gasteiger partial charge on any atom is -0.448 e. The van der Waals surface area contributed by atoms with E-state index in [4.69, 9.17) is 10.5 Å². The van der Waals surface area contributed by atoms with Gasteiger partial charge in [0, 0.05) is 43.3 Å². The number of primary amides is 1. The summed E-state index contributed by atoms with van der Waals surface area (Å²) in [5, 5.41) is 5.33. The summed E-state index contributed by atoms with van der Waals surface area (Å²) in [7, 11) is 0. The standard InChI is InChI=1S/C37H37N5O5/c38-34(43)33(18-17-25-9-2-1-3-10-25)40-36(45)39-27-12-8-11-26(23-27)35(44)41-19-21-42(22-20-41)37(46)47-24-32-30-15-6-4-13-28(30)29-14-5-7-16-31(29)32/h1-16,23,32-33H,17-22,24H2,(H2,38,43)(H2,39,40,45)/t33-/m1/s1. The molecule has 5 amide bonds. The van der Waals surface area contributed by atoms with E-state index >= 15 is 0 Å². The summed E-state index contributed by atoms with van der Waals surface area (Å²) in [6.45, 7) is 1.64. The van der Waals surface area contributed by atoms with Gasteiger partial charge in [0.25, 0.3) is 5.91 Å². The number of nitrogens with zero attached hydrogens (tertiary/aromatic N) is 2. The van der Waals surface area contributed by atoms with Crippen LogP contribution in [-0.2, 0) is 16.0 Å². The third-order valence-corrected chi connectivity index (χ3v) is 8.74. The number of anilines is 1. The summed E-state index contributed by atoms with van der Waals surface area (Å²) < 4.78 is 5.80. The molecule has 4 N–H and O–H groups in total. The Morgan fingerprint density at radius 1 is 0.766 bits per heavy atom. The number of hydrogen-bond donors (Lipinski definition) is 3. The van der Waals surface area contributed by atoms with Crippen LogP contribution < -0.4 is 16.4 Å². The van der Waals surface area contributed by atoms with Gasteiger partial charge in [0.1, 0.15) is 12.6 Å². The van der Waals surface area contributed by atoms with Crippen LogP contribution in [0.15, 0.2) is 103 Å². The largest absolute Gasteiger partial charge is 0.448 e. The lowest BCUT2D eigenvalue weighted by atomic mass is 9.98. The van der Waals surface area contributed by atoms with Gasteiger partial charge in [-0.25, -0.2) is 9.59 Å². The van der Waals surface area contributed by atoms with Gasteiger partial charge in [0.2, 0.25) is 5.91 Å². The van der Waals surface area contributed by atoms with E-state index in [9.17, 15) is 19.2 Å². The van der Waals surface area contributed by atoms with Crippen LogP contribution in [-0.4, -0.2) is 72.6 Å². The average Bonchev–Trinajstić information content (AvgIpc) is 3.42. The number of amides is 5. The molecule has 0 aromatic heterocycles. The minimum absolute atomic E-state index is 0.0202. The van der Waals surface area contributed by atoms with Crippen LogP contribution in [0.5, 0.6) is 0 Å². The summed E-state index contributed by atoms with van der Waals surface area (Å²) in [5.41, 5.74) is 12.0. The molecule has 1 atom stereocenters. The summed E-state index contributed by atoms with van der Waals surface area (Å²) in [6.07, 6.45) is 0.537. The third-order valence-electron chi connectivity index (χ3n) is 8.74. The van der Waals surface area contributed by atoms with Crippen LogP contribution in [0.25, 0.3) is 11.1 Å². The molecule has 0 radical (unpaired) electrons. The van der Waals surface area contributed by atoms with Crippen molar-refractivity contribution < 1.29 is 23.9 Å². The number of rotatable bonds is 9. The monoisotopic (exact) mass is 631 g/mol. The van der Waals surface area contributed by atoms with Crippen molar-refractivity contribution in [1.82, 2.24) is 15.1 Å². The van der Waals surface area contributed by atoms with Crippen LogP contribution in [0.2, 0.25) is 0 Å². The van der Waals surface area contributed by atoms with Gasteiger partial charge >= 0.3 is 12.1 Å². The molecule has 240 valence electrons. The number of aryl methyl sites for hydroxylation is 1. The number of fused-ring (bicyclic) bond motifs is 3. The summed E-state index contributed by atoms with van der Waals surface area (Å²) >= 11 is 0. The maximum atomic E-state index is 13.3. The Labute approximate surface area is 273 Å². The number of urea groups is 1. The lowest BCUT2D eigenvalue weighted by Crippen LogP contribution is -2.50. The maximum absolute atomic E-state index is 13.3. The smallest absolute Gasteiger partial charge is 0.409 e. The van der Waals surface area contributed by atoms with E-state index in [2.05, 4.69) is 34.9 Å². The van der Waals surface area contributed by atoms with Gasteiger partial charge in [-0.3, -0.25) is 9.59 Å². The van der Waals surface area contributed by atoms with Crippen molar-refractivity contribution >= 4 is 29.6 Å². The van der Waals surface area contributed by atoms with E-state index in [0.29, 0.717) is 50.3 Å². The number of carbonyl (C=O) groups is 4. The molecule has 1 aliphatic carbocycles. The first kappa shape index (κ1) is 31.3. The molecule has 10 heteroatoms. The SMILES string of the molecule is NC(=O)[C@@H](CCc1ccccc1)NC(=O)Nc1cccc(C(=O)N2CCN(C(=O)OCC3c4ccccc4-c4ccccc43)CC2)c1. The Hall–Kier alpha value is -5.64. The van der Waals surface area contributed by atoms with Crippen LogP contribution in [0.1, 0.15) is 39.4 Å². The lowest BCUT2D eigenvalue weighted by molar-refractivity contribution is -0.119. The molecule has 1 saturated heterocycles. The van der Waals surface area contributed by atoms with E-state index < -0.39 is 24.1 Å². The van der Waals surface area contributed by atoms with Gasteiger partial charge in [0.05, 0.1) is 0 Å². The van der Waals surface area contributed by atoms with Crippen molar-refractivity contribution in [2.45, 2.75) is 24.8 Å². The molecule has 2 aliphatic rings. The normalized spacial score (nSPS) is 14.5. The Kier molecular flexibility index (Phi) is 9.47. The Bertz CT molecular complexity index is 1720. The van der Waals surface area contributed by atoms with Crippen molar-refractivity contribution in [3.05, 3.63) is 125 Å². The Morgan fingerprint density at radius 3 is 2.04 bits per heavy atom. The highest BCUT2D eigenvalue weighted by atomic mass is 16.6. The highest BCUT2D eigenvalue weighted by Gasteiger charge is 2.31. The Balaban J connectivity index is 0.988. The predicted molar refractivity (Wildman–Crippen MR) is 179 cm³/mol. The van der Waals surface area contributed by atoms with Gasteiger partial charge in [-0.1, -0.05) is 84.9 Å². The van der Waals surface area contributed by atoms with Gasteiger partial charge in [0.15, 0.2) is 0 Å². The number of ether oxygens (including phenoxy) is 1. The number of hydrogen-bond acceptors (Lipinski definition) is 5. The fraction of sp³-hybridized carbons (Fsp3) is 0.243. The molecule has 1 aliphatic heterocycles. The highest BCUT2D eigenvalue weighted by Crippen LogP contribution is 2.44. The van der Waals surface area contributed by atoms with Crippen LogP contribution in [0.3, 0.4) is 0 Å². The molecular weight excluding hydrogens is 594 g/mol. The van der Waals surface area contributed by atoms with E-state index in [-0.39, 0.29) is 18.4 Å². The zero-order chi connectivity index (χ0) is 32.8. The van der Waals surface area contributed by atoms with Crippen LogP contribution in [0, 0.1) is 0 Å². The van der Waals surface area contributed by atoms with E-state index in [1.54, 1.807) is 34.1 Å². The molecule has 10 nitrogen and oxygen atoms in total. The second-order valence-corrected chi connectivity index (χ2v) is 11.7. The zero-order valence-electron chi connectivity index (χ0n) is 25.9. The molecule has 6 rings (SSSR count). The molecule has 4 aromatic carbocycles. The number of nitrogens with one attached hydrogen (secondary N) is 2. The van der Waals surface area contributed by atoms with Crippen LogP contribution in [0.4, 0.5) is 15.3 Å². The first-order chi connectivity index (χ1) is 22.9. The van der Waals surface area contributed by atoms with Crippen molar-refractivity contribution in [3.8, 4) is 11.1 Å². The van der Waals surface area contributed by atoms with E-state index in [1.807, 2.05) is 54.6 Å². The molecule has 0 spiro atoms. The fourth-order valence-electron chi connectivity index (χ4n) is 6.26. The Morgan fingerprint density at radius 2 is 1.38 bits per heavy atom. The second-order valence-electron chi connectivity index (χ2n) is 11.7. The topological polar surface area (TPSA) is 134 Å². The fourth-order valence-corrected chi connectivity index (χ4v) is 6.26. The molecule has 4 aromatic rings. The summed E-state index contributed by atoms with van der Waals surface area (Å²) in [4.78, 5) is 54.4. The second kappa shape index (κ2) is 14.2. The van der Waals surface area contributed by atoms with Crippen molar-refractivity contribution in [3.63, 3.8) is 0 Å². The molecule has 0 unspecified atom stereocenters. The number of carbonyl (C=O) groups excluding carboxylic acids is 4. The number of piperazine rings is 1. The average molecular weight is 632 g/mol. The first-order valence-corrected chi connectivity index (χ1v) is 15.8. The van der Waals surface area contributed by atoms with Crippen molar-refractivity contribution in [1.29, 1.82) is 0 Å². The molecule has 1 heterocycles. The molecule has 47 heavy (non-hydrogen) atoms. The first-order valence-electron chi connectivity index (χ1n) is 15.8. The van der Waals surface area contributed by atoms with Crippen LogP contribution >= 0.6 is 0 Å². The summed E-state index contributed by atoms with van der Waals surface area (Å²) in [6, 6.07) is 31.2. The van der Waals surface area contributed by atoms with Crippen molar-refractivity contribution in [2.75, 3.05) is 38.1 Å². The minimum atomic E-state index is -0.854.